The molecule has 2 rings (SSSR count). The highest BCUT2D eigenvalue weighted by Gasteiger charge is 2.07. The van der Waals surface area contributed by atoms with E-state index in [1.807, 2.05) is 25.1 Å². The number of rotatable bonds is 2. The number of pyridine rings is 1. The van der Waals surface area contributed by atoms with E-state index in [0.29, 0.717) is 5.56 Å². The molecule has 1 heterocycles. The summed E-state index contributed by atoms with van der Waals surface area (Å²) in [5, 5.41) is 2.76. The molecule has 92 valence electrons. The van der Waals surface area contributed by atoms with Crippen molar-refractivity contribution in [3.63, 3.8) is 0 Å². The largest absolute Gasteiger partial charge is 0.329 e. The fourth-order valence-electron chi connectivity index (χ4n) is 1.46. The van der Waals surface area contributed by atoms with Crippen LogP contribution in [0.25, 0.3) is 0 Å². The van der Waals surface area contributed by atoms with Crippen LogP contribution in [0.15, 0.2) is 41.3 Å². The Kier molecular flexibility index (Phi) is 3.81. The maximum atomic E-state index is 11.9. The number of aryl methyl sites for hydroxylation is 1. The van der Waals surface area contributed by atoms with Crippen molar-refractivity contribution in [3.8, 4) is 0 Å². The molecular formula is C13H11IN2O2. The molecule has 0 saturated heterocycles. The van der Waals surface area contributed by atoms with E-state index in [1.54, 1.807) is 6.07 Å². The molecule has 4 nitrogen and oxygen atoms in total. The van der Waals surface area contributed by atoms with Gasteiger partial charge in [-0.05, 0) is 53.3 Å². The first kappa shape index (κ1) is 12.8. The molecule has 1 aromatic heterocycles. The molecule has 1 amide bonds. The normalized spacial score (nSPS) is 10.1. The lowest BCUT2D eigenvalue weighted by Gasteiger charge is -2.06. The zero-order valence-corrected chi connectivity index (χ0v) is 11.8. The van der Waals surface area contributed by atoms with E-state index in [0.717, 1.165) is 14.8 Å². The SMILES string of the molecule is Cc1ccc(NC(=O)c2cc[nH]c(=O)c2)cc1I. The van der Waals surface area contributed by atoms with Gasteiger partial charge >= 0.3 is 0 Å². The summed E-state index contributed by atoms with van der Waals surface area (Å²) in [6.07, 6.45) is 1.45. The maximum Gasteiger partial charge on any atom is 0.255 e. The van der Waals surface area contributed by atoms with E-state index in [9.17, 15) is 9.59 Å². The van der Waals surface area contributed by atoms with Gasteiger partial charge in [0.15, 0.2) is 0 Å². The van der Waals surface area contributed by atoms with Gasteiger partial charge in [-0.2, -0.15) is 0 Å². The van der Waals surface area contributed by atoms with Crippen molar-refractivity contribution in [2.75, 3.05) is 5.32 Å². The fraction of sp³-hybridized carbons (Fsp3) is 0.0769. The number of carbonyl (C=O) groups excluding carboxylic acids is 1. The Hall–Kier alpha value is -1.63. The average Bonchev–Trinajstić information content (AvgIpc) is 2.34. The number of hydrogen-bond donors (Lipinski definition) is 2. The Morgan fingerprint density at radius 3 is 2.72 bits per heavy atom. The number of carbonyl (C=O) groups is 1. The third-order valence-electron chi connectivity index (χ3n) is 2.47. The van der Waals surface area contributed by atoms with Gasteiger partial charge in [-0.15, -0.1) is 0 Å². The van der Waals surface area contributed by atoms with E-state index in [1.165, 1.54) is 12.3 Å². The monoisotopic (exact) mass is 354 g/mol. The second-order valence-electron chi connectivity index (χ2n) is 3.86. The van der Waals surface area contributed by atoms with Crippen LogP contribution in [0, 0.1) is 10.5 Å². The third kappa shape index (κ3) is 2.98. The Bertz CT molecular complexity index is 649. The molecular weight excluding hydrogens is 343 g/mol. The second-order valence-corrected chi connectivity index (χ2v) is 5.02. The van der Waals surface area contributed by atoms with Crippen molar-refractivity contribution < 1.29 is 4.79 Å². The maximum absolute atomic E-state index is 11.9. The van der Waals surface area contributed by atoms with Crippen molar-refractivity contribution in [2.45, 2.75) is 6.92 Å². The quantitative estimate of drug-likeness (QED) is 0.815. The average molecular weight is 354 g/mol. The first-order valence-corrected chi connectivity index (χ1v) is 6.40. The second kappa shape index (κ2) is 5.34. The highest BCUT2D eigenvalue weighted by Crippen LogP contribution is 2.17. The van der Waals surface area contributed by atoms with E-state index < -0.39 is 0 Å². The molecule has 0 spiro atoms. The third-order valence-corrected chi connectivity index (χ3v) is 3.63. The highest BCUT2D eigenvalue weighted by molar-refractivity contribution is 14.1. The molecule has 0 fully saturated rings. The van der Waals surface area contributed by atoms with Crippen molar-refractivity contribution in [2.24, 2.45) is 0 Å². The zero-order valence-electron chi connectivity index (χ0n) is 9.66. The summed E-state index contributed by atoms with van der Waals surface area (Å²) in [7, 11) is 0. The van der Waals surface area contributed by atoms with Crippen LogP contribution in [-0.2, 0) is 0 Å². The van der Waals surface area contributed by atoms with Gasteiger partial charge in [-0.1, -0.05) is 6.07 Å². The Morgan fingerprint density at radius 2 is 2.06 bits per heavy atom. The molecule has 0 aliphatic rings. The first-order chi connectivity index (χ1) is 8.56. The summed E-state index contributed by atoms with van der Waals surface area (Å²) >= 11 is 2.21. The van der Waals surface area contributed by atoms with Gasteiger partial charge in [-0.25, -0.2) is 0 Å². The number of benzene rings is 1. The smallest absolute Gasteiger partial charge is 0.255 e. The summed E-state index contributed by atoms with van der Waals surface area (Å²) < 4.78 is 1.08. The summed E-state index contributed by atoms with van der Waals surface area (Å²) in [5.41, 5.74) is 1.93. The summed E-state index contributed by atoms with van der Waals surface area (Å²) in [6, 6.07) is 8.50. The van der Waals surface area contributed by atoms with Crippen molar-refractivity contribution >= 4 is 34.2 Å². The minimum atomic E-state index is -0.291. The van der Waals surface area contributed by atoms with Gasteiger partial charge in [0.2, 0.25) is 5.56 Å². The Morgan fingerprint density at radius 1 is 1.28 bits per heavy atom. The number of H-pyrrole nitrogens is 1. The van der Waals surface area contributed by atoms with E-state index in [2.05, 4.69) is 32.9 Å². The minimum absolute atomic E-state index is 0.291. The van der Waals surface area contributed by atoms with Crippen molar-refractivity contribution in [3.05, 3.63) is 61.6 Å². The van der Waals surface area contributed by atoms with Gasteiger partial charge < -0.3 is 10.3 Å². The van der Waals surface area contributed by atoms with Crippen molar-refractivity contribution in [1.29, 1.82) is 0 Å². The fourth-order valence-corrected chi connectivity index (χ4v) is 1.97. The van der Waals surface area contributed by atoms with E-state index >= 15 is 0 Å². The molecule has 2 aromatic rings. The summed E-state index contributed by atoms with van der Waals surface area (Å²) in [6.45, 7) is 2.00. The number of amides is 1. The molecule has 0 unspecified atom stereocenters. The van der Waals surface area contributed by atoms with Gasteiger partial charge in [0.25, 0.3) is 5.91 Å². The molecule has 0 aliphatic carbocycles. The topological polar surface area (TPSA) is 62.0 Å². The van der Waals surface area contributed by atoms with Crippen molar-refractivity contribution in [1.82, 2.24) is 4.98 Å². The van der Waals surface area contributed by atoms with E-state index in [4.69, 9.17) is 0 Å². The number of hydrogen-bond acceptors (Lipinski definition) is 2. The number of nitrogens with one attached hydrogen (secondary N) is 2. The van der Waals surface area contributed by atoms with Crippen LogP contribution in [-0.4, -0.2) is 10.9 Å². The van der Waals surface area contributed by atoms with Crippen LogP contribution in [0.1, 0.15) is 15.9 Å². The van der Waals surface area contributed by atoms with Crippen LogP contribution >= 0.6 is 22.6 Å². The lowest BCUT2D eigenvalue weighted by molar-refractivity contribution is 0.102. The predicted octanol–water partition coefficient (Wildman–Crippen LogP) is 2.54. The summed E-state index contributed by atoms with van der Waals surface area (Å²) in [5.74, 6) is -0.291. The van der Waals surface area contributed by atoms with E-state index in [-0.39, 0.29) is 11.5 Å². The Labute approximate surface area is 118 Å². The van der Waals surface area contributed by atoms with Crippen LogP contribution in [0.2, 0.25) is 0 Å². The van der Waals surface area contributed by atoms with Crippen LogP contribution in [0.4, 0.5) is 5.69 Å². The number of halogens is 1. The van der Waals surface area contributed by atoms with Gasteiger partial charge in [0.1, 0.15) is 0 Å². The molecule has 0 radical (unpaired) electrons. The van der Waals surface area contributed by atoms with Crippen LogP contribution in [0.5, 0.6) is 0 Å². The summed E-state index contributed by atoms with van der Waals surface area (Å²) in [4.78, 5) is 25.5. The molecule has 0 bridgehead atoms. The molecule has 2 N–H and O–H groups in total. The molecule has 1 aromatic carbocycles. The highest BCUT2D eigenvalue weighted by atomic mass is 127. The van der Waals surface area contributed by atoms with Gasteiger partial charge in [-0.3, -0.25) is 9.59 Å². The molecule has 0 atom stereocenters. The molecule has 18 heavy (non-hydrogen) atoms. The van der Waals surface area contributed by atoms with Crippen LogP contribution in [0.3, 0.4) is 0 Å². The standard InChI is InChI=1S/C13H11IN2O2/c1-8-2-3-10(7-11(8)14)16-13(18)9-4-5-15-12(17)6-9/h2-7H,1H3,(H,15,17)(H,16,18). The predicted molar refractivity (Wildman–Crippen MR) is 78.9 cm³/mol. The zero-order chi connectivity index (χ0) is 13.1. The Balaban J connectivity index is 2.21. The molecule has 5 heteroatoms. The lowest BCUT2D eigenvalue weighted by Crippen LogP contribution is -2.15. The van der Waals surface area contributed by atoms with Crippen LogP contribution < -0.4 is 10.9 Å². The lowest BCUT2D eigenvalue weighted by atomic mass is 10.2. The van der Waals surface area contributed by atoms with Gasteiger partial charge in [0, 0.05) is 27.1 Å². The first-order valence-electron chi connectivity index (χ1n) is 5.32. The molecule has 0 aliphatic heterocycles. The number of anilines is 1. The number of aromatic amines is 1. The molecule has 0 saturated carbocycles. The minimum Gasteiger partial charge on any atom is -0.329 e. The number of aromatic nitrogens is 1. The van der Waals surface area contributed by atoms with Gasteiger partial charge in [0.05, 0.1) is 0 Å².